The third-order valence-corrected chi connectivity index (χ3v) is 5.40. The van der Waals surface area contributed by atoms with E-state index in [4.69, 9.17) is 0 Å². The Morgan fingerprint density at radius 1 is 1.32 bits per heavy atom. The summed E-state index contributed by atoms with van der Waals surface area (Å²) in [6, 6.07) is 7.53. The van der Waals surface area contributed by atoms with E-state index in [2.05, 4.69) is 24.1 Å². The number of anilines is 1. The van der Waals surface area contributed by atoms with Gasteiger partial charge in [-0.05, 0) is 19.1 Å². The molecule has 2 rings (SSSR count). The lowest BCUT2D eigenvalue weighted by atomic mass is 10.2. The number of hydrogen-bond donors (Lipinski definition) is 1. The van der Waals surface area contributed by atoms with Crippen LogP contribution < -0.4 is 5.32 Å². The number of benzene rings is 1. The summed E-state index contributed by atoms with van der Waals surface area (Å²) in [4.78, 5) is 16.3. The Balaban J connectivity index is 1.85. The summed E-state index contributed by atoms with van der Waals surface area (Å²) >= 11 is 1.58. The van der Waals surface area contributed by atoms with Crippen LogP contribution >= 0.6 is 11.3 Å². The van der Waals surface area contributed by atoms with Crippen molar-refractivity contribution in [2.45, 2.75) is 32.4 Å². The molecule has 0 bridgehead atoms. The molecule has 1 aromatic carbocycles. The van der Waals surface area contributed by atoms with Gasteiger partial charge in [0, 0.05) is 27.8 Å². The summed E-state index contributed by atoms with van der Waals surface area (Å²) in [6.07, 6.45) is 0. The van der Waals surface area contributed by atoms with E-state index in [0.29, 0.717) is 11.7 Å². The van der Waals surface area contributed by atoms with Crippen LogP contribution in [0.1, 0.15) is 36.0 Å². The second-order valence-corrected chi connectivity index (χ2v) is 7.82. The first-order valence-corrected chi connectivity index (χ1v) is 9.46. The average molecular weight is 336 g/mol. The van der Waals surface area contributed by atoms with E-state index in [1.54, 1.807) is 11.3 Å². The maximum atomic E-state index is 12.1. The Bertz CT molecular complexity index is 663. The van der Waals surface area contributed by atoms with Gasteiger partial charge in [-0.1, -0.05) is 31.5 Å². The number of nitrogens with zero attached hydrogens (tertiary/aromatic N) is 1. The van der Waals surface area contributed by atoms with Gasteiger partial charge >= 0.3 is 0 Å². The van der Waals surface area contributed by atoms with Crippen molar-refractivity contribution >= 4 is 33.7 Å². The van der Waals surface area contributed by atoms with Crippen molar-refractivity contribution < 1.29 is 9.00 Å². The molecular formula is C16H20N2O2S2. The third kappa shape index (κ3) is 5.03. The fourth-order valence-corrected chi connectivity index (χ4v) is 3.74. The molecule has 118 valence electrons. The number of hydrogen-bond acceptors (Lipinski definition) is 4. The molecule has 1 N–H and O–H groups in total. The highest BCUT2D eigenvalue weighted by molar-refractivity contribution is 7.84. The summed E-state index contributed by atoms with van der Waals surface area (Å²) in [5.74, 6) is 0.450. The molecule has 0 aliphatic rings. The maximum absolute atomic E-state index is 12.1. The Hall–Kier alpha value is -1.53. The van der Waals surface area contributed by atoms with E-state index in [1.807, 2.05) is 36.6 Å². The molecule has 1 unspecified atom stereocenters. The number of thiazole rings is 1. The van der Waals surface area contributed by atoms with Crippen LogP contribution in [0.15, 0.2) is 29.6 Å². The lowest BCUT2D eigenvalue weighted by Gasteiger charge is -2.05. The SMILES string of the molecule is Cc1ccc(NC(=O)CS(=O)Cc2csc(C(C)C)n2)cc1. The molecule has 0 fully saturated rings. The number of aryl methyl sites for hydroxylation is 1. The van der Waals surface area contributed by atoms with Crippen molar-refractivity contribution in [3.63, 3.8) is 0 Å². The van der Waals surface area contributed by atoms with Crippen molar-refractivity contribution in [2.24, 2.45) is 0 Å². The molecule has 1 atom stereocenters. The summed E-state index contributed by atoms with van der Waals surface area (Å²) in [5.41, 5.74) is 2.66. The first kappa shape index (κ1) is 16.8. The van der Waals surface area contributed by atoms with Crippen LogP contribution in [0.25, 0.3) is 0 Å². The molecule has 1 amide bonds. The first-order valence-electron chi connectivity index (χ1n) is 7.10. The minimum absolute atomic E-state index is 0.0115. The van der Waals surface area contributed by atoms with Crippen LogP contribution in [0.2, 0.25) is 0 Å². The molecule has 6 heteroatoms. The van der Waals surface area contributed by atoms with Crippen LogP contribution in [-0.4, -0.2) is 20.9 Å². The Morgan fingerprint density at radius 2 is 2.00 bits per heavy atom. The normalized spacial score (nSPS) is 12.4. The van der Waals surface area contributed by atoms with Gasteiger partial charge in [-0.2, -0.15) is 0 Å². The summed E-state index contributed by atoms with van der Waals surface area (Å²) in [5, 5.41) is 5.72. The highest BCUT2D eigenvalue weighted by atomic mass is 32.2. The van der Waals surface area contributed by atoms with Gasteiger partial charge in [-0.15, -0.1) is 11.3 Å². The first-order chi connectivity index (χ1) is 10.4. The van der Waals surface area contributed by atoms with Crippen molar-refractivity contribution in [1.82, 2.24) is 4.98 Å². The topological polar surface area (TPSA) is 59.1 Å². The van der Waals surface area contributed by atoms with Gasteiger partial charge in [-0.25, -0.2) is 4.98 Å². The average Bonchev–Trinajstić information content (AvgIpc) is 2.89. The summed E-state index contributed by atoms with van der Waals surface area (Å²) < 4.78 is 12.1. The van der Waals surface area contributed by atoms with Crippen LogP contribution in [0.4, 0.5) is 5.69 Å². The van der Waals surface area contributed by atoms with Crippen LogP contribution in [0.3, 0.4) is 0 Å². The van der Waals surface area contributed by atoms with E-state index in [1.165, 1.54) is 0 Å². The van der Waals surface area contributed by atoms with E-state index < -0.39 is 10.8 Å². The Morgan fingerprint density at radius 3 is 2.59 bits per heavy atom. The van der Waals surface area contributed by atoms with Gasteiger partial charge in [0.15, 0.2) is 0 Å². The Labute approximate surface area is 137 Å². The molecule has 2 aromatic rings. The second kappa shape index (κ2) is 7.65. The molecule has 0 radical (unpaired) electrons. The molecule has 0 aliphatic heterocycles. The summed E-state index contributed by atoms with van der Waals surface area (Å²) in [6.45, 7) is 6.14. The monoisotopic (exact) mass is 336 g/mol. The van der Waals surface area contributed by atoms with Crippen molar-refractivity contribution in [3.8, 4) is 0 Å². The number of nitrogens with one attached hydrogen (secondary N) is 1. The van der Waals surface area contributed by atoms with Crippen LogP contribution in [-0.2, 0) is 21.3 Å². The zero-order valence-corrected chi connectivity index (χ0v) is 14.6. The molecule has 0 aliphatic carbocycles. The van der Waals surface area contributed by atoms with Gasteiger partial charge in [0.2, 0.25) is 5.91 Å². The third-order valence-electron chi connectivity index (χ3n) is 3.00. The molecule has 1 aromatic heterocycles. The Kier molecular flexibility index (Phi) is 5.85. The molecule has 4 nitrogen and oxygen atoms in total. The number of aromatic nitrogens is 1. The van der Waals surface area contributed by atoms with Gasteiger partial charge in [-0.3, -0.25) is 9.00 Å². The smallest absolute Gasteiger partial charge is 0.237 e. The van der Waals surface area contributed by atoms with Gasteiger partial charge < -0.3 is 5.32 Å². The highest BCUT2D eigenvalue weighted by Crippen LogP contribution is 2.20. The number of rotatable bonds is 6. The quantitative estimate of drug-likeness (QED) is 0.879. The van der Waals surface area contributed by atoms with Gasteiger partial charge in [0.1, 0.15) is 5.75 Å². The molecule has 0 saturated heterocycles. The number of carbonyl (C=O) groups excluding carboxylic acids is 1. The van der Waals surface area contributed by atoms with Crippen molar-refractivity contribution in [1.29, 1.82) is 0 Å². The van der Waals surface area contributed by atoms with Crippen molar-refractivity contribution in [3.05, 3.63) is 45.9 Å². The van der Waals surface area contributed by atoms with Crippen LogP contribution in [0, 0.1) is 6.92 Å². The van der Waals surface area contributed by atoms with Crippen LogP contribution in [0.5, 0.6) is 0 Å². The van der Waals surface area contributed by atoms with Crippen molar-refractivity contribution in [2.75, 3.05) is 11.1 Å². The minimum atomic E-state index is -1.25. The lowest BCUT2D eigenvalue weighted by molar-refractivity contribution is -0.113. The molecule has 0 spiro atoms. The van der Waals surface area contributed by atoms with E-state index in [9.17, 15) is 9.00 Å². The maximum Gasteiger partial charge on any atom is 0.237 e. The van der Waals surface area contributed by atoms with E-state index in [0.717, 1.165) is 22.0 Å². The predicted molar refractivity (Wildman–Crippen MR) is 92.7 cm³/mol. The standard InChI is InChI=1S/C16H20N2O2S2/c1-11(2)16-18-14(8-21-16)9-22(20)10-15(19)17-13-6-4-12(3)5-7-13/h4-8,11H,9-10H2,1-3H3,(H,17,19). The largest absolute Gasteiger partial charge is 0.325 e. The molecular weight excluding hydrogens is 316 g/mol. The van der Waals surface area contributed by atoms with E-state index >= 15 is 0 Å². The molecule has 22 heavy (non-hydrogen) atoms. The lowest BCUT2D eigenvalue weighted by Crippen LogP contribution is -2.20. The number of carbonyl (C=O) groups is 1. The predicted octanol–water partition coefficient (Wildman–Crippen LogP) is 3.46. The minimum Gasteiger partial charge on any atom is -0.325 e. The summed E-state index contributed by atoms with van der Waals surface area (Å²) in [7, 11) is -1.25. The fourth-order valence-electron chi connectivity index (χ4n) is 1.85. The van der Waals surface area contributed by atoms with Gasteiger partial charge in [0.25, 0.3) is 0 Å². The zero-order valence-electron chi connectivity index (χ0n) is 13.0. The zero-order chi connectivity index (χ0) is 16.1. The number of amides is 1. The second-order valence-electron chi connectivity index (χ2n) is 5.47. The molecule has 0 saturated carbocycles. The van der Waals surface area contributed by atoms with Gasteiger partial charge in [0.05, 0.1) is 16.5 Å². The fraction of sp³-hybridized carbons (Fsp3) is 0.375. The molecule has 1 heterocycles. The highest BCUT2D eigenvalue weighted by Gasteiger charge is 2.12. The van der Waals surface area contributed by atoms with E-state index in [-0.39, 0.29) is 11.7 Å².